The molecule has 0 aromatic carbocycles. The van der Waals surface area contributed by atoms with E-state index in [1.807, 2.05) is 6.92 Å². The number of aromatic amines is 1. The predicted molar refractivity (Wildman–Crippen MR) is 64.2 cm³/mol. The molecule has 1 saturated heterocycles. The van der Waals surface area contributed by atoms with Crippen LogP contribution in [0.25, 0.3) is 0 Å². The quantitative estimate of drug-likeness (QED) is 0.680. The van der Waals surface area contributed by atoms with Gasteiger partial charge in [-0.15, -0.1) is 0 Å². The number of H-pyrrole nitrogens is 1. The van der Waals surface area contributed by atoms with Crippen LogP contribution < -0.4 is 0 Å². The van der Waals surface area contributed by atoms with Crippen molar-refractivity contribution in [1.29, 1.82) is 0 Å². The summed E-state index contributed by atoms with van der Waals surface area (Å²) >= 11 is 0. The van der Waals surface area contributed by atoms with Crippen LogP contribution in [0.2, 0.25) is 0 Å². The molecule has 0 radical (unpaired) electrons. The molecular weight excluding hydrogens is 274 g/mol. The fourth-order valence-electron chi connectivity index (χ4n) is 2.16. The smallest absolute Gasteiger partial charge is 0.340 e. The second-order valence-electron chi connectivity index (χ2n) is 4.67. The molecule has 0 aliphatic carbocycles. The third-order valence-corrected chi connectivity index (χ3v) is 4.85. The van der Waals surface area contributed by atoms with Gasteiger partial charge in [0.25, 0.3) is 10.0 Å². The molecule has 0 amide bonds. The molecule has 0 spiro atoms. The molecular formula is C10H15N3O5S. The Balaban J connectivity index is 2.21. The van der Waals surface area contributed by atoms with Crippen molar-refractivity contribution in [2.45, 2.75) is 30.4 Å². The second-order valence-corrected chi connectivity index (χ2v) is 6.54. The number of sulfonamides is 1. The Bertz CT molecular complexity index is 588. The van der Waals surface area contributed by atoms with E-state index in [-0.39, 0.29) is 13.1 Å². The number of aromatic carboxylic acids is 1. The lowest BCUT2D eigenvalue weighted by Crippen LogP contribution is -2.63. The van der Waals surface area contributed by atoms with Crippen molar-refractivity contribution in [2.24, 2.45) is 0 Å². The molecule has 0 saturated carbocycles. The van der Waals surface area contributed by atoms with Crippen molar-refractivity contribution in [2.75, 3.05) is 13.1 Å². The van der Waals surface area contributed by atoms with Crippen LogP contribution in [0.3, 0.4) is 0 Å². The maximum absolute atomic E-state index is 12.2. The number of nitrogens with zero attached hydrogens (tertiary/aromatic N) is 2. The maximum Gasteiger partial charge on any atom is 0.340 e. The van der Waals surface area contributed by atoms with Gasteiger partial charge in [-0.25, -0.2) is 13.2 Å². The average molecular weight is 289 g/mol. The Hall–Kier alpha value is -1.45. The standard InChI is InChI=1S/C10H15N3O5S/c1-2-3-10(16)5-13(6-10)19(17,18)8-7(9(14)15)4-11-12-8/h4,16H,2-3,5-6H2,1H3,(H,11,12)(H,14,15). The Morgan fingerprint density at radius 1 is 1.58 bits per heavy atom. The summed E-state index contributed by atoms with van der Waals surface area (Å²) in [5.74, 6) is -1.36. The van der Waals surface area contributed by atoms with Crippen LogP contribution in [0.5, 0.6) is 0 Å². The zero-order valence-electron chi connectivity index (χ0n) is 10.3. The maximum atomic E-state index is 12.2. The molecule has 1 aromatic rings. The highest BCUT2D eigenvalue weighted by Gasteiger charge is 2.47. The molecule has 3 N–H and O–H groups in total. The normalized spacial score (nSPS) is 19.1. The number of hydrogen-bond donors (Lipinski definition) is 3. The minimum Gasteiger partial charge on any atom is -0.478 e. The van der Waals surface area contributed by atoms with E-state index in [0.29, 0.717) is 6.42 Å². The zero-order chi connectivity index (χ0) is 14.3. The number of aromatic nitrogens is 2. The second kappa shape index (κ2) is 4.58. The lowest BCUT2D eigenvalue weighted by Gasteiger charge is -2.45. The fraction of sp³-hybridized carbons (Fsp3) is 0.600. The van der Waals surface area contributed by atoms with Gasteiger partial charge in [0.05, 0.1) is 11.8 Å². The van der Waals surface area contributed by atoms with E-state index >= 15 is 0 Å². The minimum absolute atomic E-state index is 0.0265. The van der Waals surface area contributed by atoms with Gasteiger partial charge in [-0.3, -0.25) is 5.10 Å². The zero-order valence-corrected chi connectivity index (χ0v) is 11.1. The molecule has 1 aromatic heterocycles. The van der Waals surface area contributed by atoms with Crippen molar-refractivity contribution in [3.05, 3.63) is 11.8 Å². The summed E-state index contributed by atoms with van der Waals surface area (Å²) < 4.78 is 25.4. The monoisotopic (exact) mass is 289 g/mol. The van der Waals surface area contributed by atoms with Gasteiger partial charge in [-0.2, -0.15) is 9.40 Å². The summed E-state index contributed by atoms with van der Waals surface area (Å²) in [6.45, 7) is 1.84. The first-order valence-electron chi connectivity index (χ1n) is 5.79. The third kappa shape index (κ3) is 2.36. The van der Waals surface area contributed by atoms with Crippen LogP contribution in [0.4, 0.5) is 0 Å². The van der Waals surface area contributed by atoms with E-state index < -0.39 is 32.2 Å². The number of nitrogens with one attached hydrogen (secondary N) is 1. The van der Waals surface area contributed by atoms with Crippen molar-refractivity contribution < 1.29 is 23.4 Å². The van der Waals surface area contributed by atoms with Gasteiger partial charge in [0.1, 0.15) is 5.56 Å². The van der Waals surface area contributed by atoms with Crippen LogP contribution >= 0.6 is 0 Å². The van der Waals surface area contributed by atoms with Crippen LogP contribution in [0.1, 0.15) is 30.1 Å². The molecule has 0 bridgehead atoms. The lowest BCUT2D eigenvalue weighted by molar-refractivity contribution is -0.0654. The number of hydrogen-bond acceptors (Lipinski definition) is 5. The van der Waals surface area contributed by atoms with E-state index in [9.17, 15) is 18.3 Å². The first-order chi connectivity index (χ1) is 8.80. The highest BCUT2D eigenvalue weighted by atomic mass is 32.2. The predicted octanol–water partition coefficient (Wildman–Crippen LogP) is -0.357. The van der Waals surface area contributed by atoms with Gasteiger partial charge >= 0.3 is 5.97 Å². The SMILES string of the molecule is CCCC1(O)CN(S(=O)(=O)c2[nH]ncc2C(=O)O)C1. The highest BCUT2D eigenvalue weighted by Crippen LogP contribution is 2.31. The number of carbonyl (C=O) groups is 1. The summed E-state index contributed by atoms with van der Waals surface area (Å²) in [6.07, 6.45) is 2.20. The number of carboxylic acid groups (broad SMARTS) is 1. The molecule has 2 rings (SSSR count). The number of aliphatic hydroxyl groups is 1. The molecule has 2 heterocycles. The fourth-order valence-corrected chi connectivity index (χ4v) is 3.82. The molecule has 1 aliphatic heterocycles. The molecule has 1 aliphatic rings. The summed E-state index contributed by atoms with van der Waals surface area (Å²) in [6, 6.07) is 0. The van der Waals surface area contributed by atoms with Gasteiger partial charge in [0.15, 0.2) is 5.03 Å². The molecule has 0 unspecified atom stereocenters. The first kappa shape index (κ1) is 14.0. The van der Waals surface area contributed by atoms with Crippen LogP contribution in [0.15, 0.2) is 11.2 Å². The van der Waals surface area contributed by atoms with E-state index in [4.69, 9.17) is 5.11 Å². The topological polar surface area (TPSA) is 124 Å². The average Bonchev–Trinajstić information content (AvgIpc) is 2.75. The molecule has 1 fully saturated rings. The van der Waals surface area contributed by atoms with Gasteiger partial charge in [0, 0.05) is 13.1 Å². The van der Waals surface area contributed by atoms with Gasteiger partial charge in [-0.05, 0) is 6.42 Å². The summed E-state index contributed by atoms with van der Waals surface area (Å²) in [5, 5.41) is 24.1. The largest absolute Gasteiger partial charge is 0.478 e. The van der Waals surface area contributed by atoms with Crippen LogP contribution in [-0.2, 0) is 10.0 Å². The lowest BCUT2D eigenvalue weighted by atomic mass is 9.92. The van der Waals surface area contributed by atoms with Crippen molar-refractivity contribution in [3.63, 3.8) is 0 Å². The summed E-state index contributed by atoms with van der Waals surface area (Å²) in [5.41, 5.74) is -1.41. The van der Waals surface area contributed by atoms with E-state index in [1.54, 1.807) is 0 Å². The Morgan fingerprint density at radius 2 is 2.21 bits per heavy atom. The number of carboxylic acids is 1. The van der Waals surface area contributed by atoms with Gasteiger partial charge in [-0.1, -0.05) is 13.3 Å². The van der Waals surface area contributed by atoms with Crippen LogP contribution in [-0.4, -0.2) is 57.8 Å². The highest BCUT2D eigenvalue weighted by molar-refractivity contribution is 7.89. The molecule has 19 heavy (non-hydrogen) atoms. The number of rotatable bonds is 5. The van der Waals surface area contributed by atoms with Crippen molar-refractivity contribution in [3.8, 4) is 0 Å². The minimum atomic E-state index is -3.95. The molecule has 0 atom stereocenters. The number of β-amino-alcohol motifs (C(OH)–C–C–N with tert-alkyl or cyclic N) is 1. The Labute approximate surface area is 110 Å². The van der Waals surface area contributed by atoms with Crippen LogP contribution in [0, 0.1) is 0 Å². The van der Waals surface area contributed by atoms with Crippen molar-refractivity contribution >= 4 is 16.0 Å². The van der Waals surface area contributed by atoms with Crippen molar-refractivity contribution in [1.82, 2.24) is 14.5 Å². The molecule has 9 heteroatoms. The summed E-state index contributed by atoms with van der Waals surface area (Å²) in [4.78, 5) is 10.9. The Kier molecular flexibility index (Phi) is 3.37. The molecule has 106 valence electrons. The Morgan fingerprint density at radius 3 is 2.74 bits per heavy atom. The first-order valence-corrected chi connectivity index (χ1v) is 7.23. The third-order valence-electron chi connectivity index (χ3n) is 3.09. The van der Waals surface area contributed by atoms with E-state index in [2.05, 4.69) is 10.2 Å². The van der Waals surface area contributed by atoms with E-state index in [1.165, 1.54) is 0 Å². The summed E-state index contributed by atoms with van der Waals surface area (Å²) in [7, 11) is -3.95. The van der Waals surface area contributed by atoms with E-state index in [0.717, 1.165) is 16.9 Å². The van der Waals surface area contributed by atoms with Gasteiger partial charge in [0.2, 0.25) is 0 Å². The van der Waals surface area contributed by atoms with Gasteiger partial charge < -0.3 is 10.2 Å². The molecule has 8 nitrogen and oxygen atoms in total.